The molecule has 3 N–H and O–H groups in total. The zero-order valence-electron chi connectivity index (χ0n) is 43.9. The molecule has 0 saturated heterocycles. The second kappa shape index (κ2) is 53.3. The van der Waals surface area contributed by atoms with Crippen molar-refractivity contribution < 1.29 is 24.5 Å². The molecular formula is C59H113NO5. The maximum atomic E-state index is 13.2. The Hall–Kier alpha value is -1.66. The number of allylic oxidation sites excluding steroid dienone is 4. The average molecular weight is 917 g/mol. The maximum absolute atomic E-state index is 13.2. The monoisotopic (exact) mass is 916 g/mol. The van der Waals surface area contributed by atoms with Crippen molar-refractivity contribution in [3.05, 3.63) is 24.3 Å². The molecule has 0 aliphatic heterocycles. The first-order valence-electron chi connectivity index (χ1n) is 29.1. The van der Waals surface area contributed by atoms with Crippen LogP contribution < -0.4 is 5.32 Å². The van der Waals surface area contributed by atoms with E-state index >= 15 is 0 Å². The van der Waals surface area contributed by atoms with Crippen LogP contribution in [0.1, 0.15) is 316 Å². The van der Waals surface area contributed by atoms with Crippen molar-refractivity contribution in [2.75, 3.05) is 6.61 Å². The Morgan fingerprint density at radius 1 is 0.431 bits per heavy atom. The number of esters is 1. The molecule has 0 heterocycles. The van der Waals surface area contributed by atoms with Gasteiger partial charge in [-0.05, 0) is 77.0 Å². The molecule has 3 atom stereocenters. The molecule has 0 aromatic carbocycles. The van der Waals surface area contributed by atoms with E-state index in [-0.39, 0.29) is 24.9 Å². The van der Waals surface area contributed by atoms with Crippen molar-refractivity contribution in [3.63, 3.8) is 0 Å². The van der Waals surface area contributed by atoms with Crippen molar-refractivity contribution in [2.45, 2.75) is 334 Å². The molecule has 0 rings (SSSR count). The zero-order chi connectivity index (χ0) is 47.4. The van der Waals surface area contributed by atoms with Crippen LogP contribution in [-0.2, 0) is 14.3 Å². The highest BCUT2D eigenvalue weighted by atomic mass is 16.5. The Balaban J connectivity index is 4.39. The summed E-state index contributed by atoms with van der Waals surface area (Å²) >= 11 is 0. The van der Waals surface area contributed by atoms with Crippen molar-refractivity contribution in [1.82, 2.24) is 5.32 Å². The smallest absolute Gasteiger partial charge is 0.306 e. The van der Waals surface area contributed by atoms with E-state index in [4.69, 9.17) is 4.74 Å². The van der Waals surface area contributed by atoms with Gasteiger partial charge in [0.15, 0.2) is 0 Å². The number of unbranched alkanes of at least 4 members (excludes halogenated alkanes) is 37. The van der Waals surface area contributed by atoms with E-state index in [2.05, 4.69) is 50.4 Å². The van der Waals surface area contributed by atoms with E-state index in [0.717, 1.165) is 64.2 Å². The van der Waals surface area contributed by atoms with E-state index in [1.165, 1.54) is 205 Å². The fraction of sp³-hybridized carbons (Fsp3) is 0.898. The lowest BCUT2D eigenvalue weighted by atomic mass is 10.0. The first-order valence-corrected chi connectivity index (χ1v) is 29.1. The summed E-state index contributed by atoms with van der Waals surface area (Å²) in [5.74, 6) is -0.477. The molecule has 6 nitrogen and oxygen atoms in total. The number of aliphatic hydroxyl groups is 2. The van der Waals surface area contributed by atoms with Gasteiger partial charge in [0.1, 0.15) is 6.10 Å². The highest BCUT2D eigenvalue weighted by Gasteiger charge is 2.24. The van der Waals surface area contributed by atoms with Gasteiger partial charge in [-0.1, -0.05) is 251 Å². The van der Waals surface area contributed by atoms with Crippen LogP contribution in [0.5, 0.6) is 0 Å². The number of ether oxygens (including phenoxy) is 1. The molecule has 3 unspecified atom stereocenters. The van der Waals surface area contributed by atoms with Gasteiger partial charge in [0.25, 0.3) is 0 Å². The molecule has 384 valence electrons. The van der Waals surface area contributed by atoms with Crippen LogP contribution in [0.15, 0.2) is 24.3 Å². The molecule has 0 spiro atoms. The summed E-state index contributed by atoms with van der Waals surface area (Å²) < 4.78 is 5.94. The first kappa shape index (κ1) is 63.3. The van der Waals surface area contributed by atoms with Gasteiger partial charge >= 0.3 is 5.97 Å². The highest BCUT2D eigenvalue weighted by molar-refractivity contribution is 5.77. The Labute approximate surface area is 405 Å². The minimum Gasteiger partial charge on any atom is -0.462 e. The Kier molecular flexibility index (Phi) is 51.9. The molecule has 0 aliphatic rings. The summed E-state index contributed by atoms with van der Waals surface area (Å²) in [5, 5.41) is 23.9. The van der Waals surface area contributed by atoms with E-state index in [1.54, 1.807) is 0 Å². The lowest BCUT2D eigenvalue weighted by molar-refractivity contribution is -0.151. The number of hydrogen-bond donors (Lipinski definition) is 3. The van der Waals surface area contributed by atoms with Gasteiger partial charge in [-0.25, -0.2) is 0 Å². The number of aliphatic hydroxyl groups excluding tert-OH is 2. The summed E-state index contributed by atoms with van der Waals surface area (Å²) in [6.45, 7) is 6.48. The largest absolute Gasteiger partial charge is 0.462 e. The first-order chi connectivity index (χ1) is 32.0. The topological polar surface area (TPSA) is 95.9 Å². The predicted molar refractivity (Wildman–Crippen MR) is 283 cm³/mol. The zero-order valence-corrected chi connectivity index (χ0v) is 43.9. The van der Waals surface area contributed by atoms with Crippen LogP contribution in [0.4, 0.5) is 0 Å². The molecule has 0 bridgehead atoms. The summed E-state index contributed by atoms with van der Waals surface area (Å²) in [4.78, 5) is 26.2. The molecular weight excluding hydrogens is 803 g/mol. The highest BCUT2D eigenvalue weighted by Crippen LogP contribution is 2.18. The summed E-state index contributed by atoms with van der Waals surface area (Å²) in [7, 11) is 0. The second-order valence-corrected chi connectivity index (χ2v) is 20.0. The second-order valence-electron chi connectivity index (χ2n) is 20.0. The third-order valence-electron chi connectivity index (χ3n) is 13.5. The van der Waals surface area contributed by atoms with E-state index in [1.807, 2.05) is 0 Å². The van der Waals surface area contributed by atoms with Crippen LogP contribution in [-0.4, -0.2) is 46.9 Å². The minimum absolute atomic E-state index is 0.0703. The third-order valence-corrected chi connectivity index (χ3v) is 13.5. The summed E-state index contributed by atoms with van der Waals surface area (Å²) in [6.07, 6.45) is 62.5. The Bertz CT molecular complexity index is 1030. The molecule has 65 heavy (non-hydrogen) atoms. The minimum atomic E-state index is -0.789. The van der Waals surface area contributed by atoms with Gasteiger partial charge < -0.3 is 20.3 Å². The van der Waals surface area contributed by atoms with Gasteiger partial charge in [-0.15, -0.1) is 0 Å². The molecule has 1 amide bonds. The summed E-state index contributed by atoms with van der Waals surface area (Å²) in [5.41, 5.74) is 0. The standard InChI is InChI=1S/C59H113NO5/c1-4-7-10-13-16-19-22-24-26-28-29-31-33-35-37-40-43-46-49-52-59(64)65-55(50-47-44-41-38-21-18-15-12-9-6-3)53-58(63)60-56(54-61)57(62)51-48-45-42-39-36-34-32-30-27-25-23-20-17-14-11-8-5-2/h18,21,24,26,55-57,61-62H,4-17,19-20,22-23,25,27-54H2,1-3H3,(H,60,63)/b21-18-,26-24+. The van der Waals surface area contributed by atoms with Crippen LogP contribution in [0.2, 0.25) is 0 Å². The fourth-order valence-corrected chi connectivity index (χ4v) is 9.07. The van der Waals surface area contributed by atoms with Crippen molar-refractivity contribution in [1.29, 1.82) is 0 Å². The fourth-order valence-electron chi connectivity index (χ4n) is 9.07. The van der Waals surface area contributed by atoms with Crippen molar-refractivity contribution in [3.8, 4) is 0 Å². The number of rotatable bonds is 53. The van der Waals surface area contributed by atoms with Crippen molar-refractivity contribution >= 4 is 11.9 Å². The van der Waals surface area contributed by atoms with Crippen LogP contribution in [0, 0.1) is 0 Å². The van der Waals surface area contributed by atoms with Crippen LogP contribution in [0.3, 0.4) is 0 Å². The number of carbonyl (C=O) groups excluding carboxylic acids is 2. The number of carbonyl (C=O) groups is 2. The molecule has 0 saturated carbocycles. The van der Waals surface area contributed by atoms with Gasteiger partial charge in [0, 0.05) is 6.42 Å². The normalized spacial score (nSPS) is 13.2. The SMILES string of the molecule is CCCCC/C=C\CCCCCC(CC(=O)NC(CO)C(O)CCCCCCCCCCCCCCCCCCC)OC(=O)CCCCCCCCCCC/C=C/CCCCCCCC. The van der Waals surface area contributed by atoms with Gasteiger partial charge in [0.2, 0.25) is 5.91 Å². The van der Waals surface area contributed by atoms with E-state index in [9.17, 15) is 19.8 Å². The molecule has 0 aromatic heterocycles. The van der Waals surface area contributed by atoms with Crippen molar-refractivity contribution in [2.24, 2.45) is 0 Å². The molecule has 0 aromatic rings. The molecule has 6 heteroatoms. The number of amides is 1. The quantitative estimate of drug-likeness (QED) is 0.0321. The predicted octanol–water partition coefficient (Wildman–Crippen LogP) is 17.9. The average Bonchev–Trinajstić information content (AvgIpc) is 3.30. The molecule has 0 radical (unpaired) electrons. The van der Waals surface area contributed by atoms with Gasteiger partial charge in [-0.3, -0.25) is 9.59 Å². The Morgan fingerprint density at radius 2 is 0.738 bits per heavy atom. The van der Waals surface area contributed by atoms with Gasteiger partial charge in [-0.2, -0.15) is 0 Å². The molecule has 0 aliphatic carbocycles. The van der Waals surface area contributed by atoms with Crippen LogP contribution in [0.25, 0.3) is 0 Å². The summed E-state index contributed by atoms with van der Waals surface area (Å²) in [6, 6.07) is -0.703. The van der Waals surface area contributed by atoms with E-state index in [0.29, 0.717) is 19.3 Å². The van der Waals surface area contributed by atoms with Crippen LogP contribution >= 0.6 is 0 Å². The number of hydrogen-bond acceptors (Lipinski definition) is 5. The lowest BCUT2D eigenvalue weighted by Crippen LogP contribution is -2.46. The Morgan fingerprint density at radius 3 is 1.14 bits per heavy atom. The van der Waals surface area contributed by atoms with Gasteiger partial charge in [0.05, 0.1) is 25.2 Å². The third kappa shape index (κ3) is 48.6. The number of nitrogens with one attached hydrogen (secondary N) is 1. The van der Waals surface area contributed by atoms with E-state index < -0.39 is 18.2 Å². The lowest BCUT2D eigenvalue weighted by Gasteiger charge is -2.24. The molecule has 0 fully saturated rings. The maximum Gasteiger partial charge on any atom is 0.306 e.